The minimum absolute atomic E-state index is 0.0119. The zero-order valence-corrected chi connectivity index (χ0v) is 16.4. The topological polar surface area (TPSA) is 62.4 Å². The van der Waals surface area contributed by atoms with E-state index in [1.165, 1.54) is 12.1 Å². The largest absolute Gasteiger partial charge is 0.497 e. The van der Waals surface area contributed by atoms with E-state index < -0.39 is 11.8 Å². The number of aliphatic imine (C=N–C) groups is 1. The molecule has 1 aliphatic heterocycles. The van der Waals surface area contributed by atoms with Crippen molar-refractivity contribution in [1.29, 1.82) is 5.26 Å². The molecule has 0 radical (unpaired) electrons. The highest BCUT2D eigenvalue weighted by Crippen LogP contribution is 2.46. The molecule has 1 heterocycles. The van der Waals surface area contributed by atoms with Crippen molar-refractivity contribution in [2.45, 2.75) is 31.6 Å². The Bertz CT molecular complexity index is 1050. The van der Waals surface area contributed by atoms with Gasteiger partial charge in [0.05, 0.1) is 19.1 Å². The maximum Gasteiger partial charge on any atom is 0.161 e. The number of Topliss-reactive ketones (excluding diaryl/α,β-unsaturated/α-hetero) is 1. The summed E-state index contributed by atoms with van der Waals surface area (Å²) < 4.78 is 18.7. The van der Waals surface area contributed by atoms with Crippen LogP contribution in [-0.2, 0) is 4.79 Å². The summed E-state index contributed by atoms with van der Waals surface area (Å²) in [6.07, 6.45) is 1.01. The lowest BCUT2D eigenvalue weighted by Crippen LogP contribution is -2.32. The van der Waals surface area contributed by atoms with Crippen LogP contribution >= 0.6 is 0 Å². The zero-order valence-electron chi connectivity index (χ0n) is 16.4. The summed E-state index contributed by atoms with van der Waals surface area (Å²) in [5.41, 5.74) is 3.90. The normalized spacial score (nSPS) is 23.9. The summed E-state index contributed by atoms with van der Waals surface area (Å²) in [5.74, 6) is -0.449. The fraction of sp³-hybridized carbons (Fsp3) is 0.292. The molecule has 1 unspecified atom stereocenters. The molecule has 0 fully saturated rings. The minimum Gasteiger partial charge on any atom is -0.497 e. The first kappa shape index (κ1) is 19.1. The first-order valence-electron chi connectivity index (χ1n) is 9.62. The summed E-state index contributed by atoms with van der Waals surface area (Å²) in [5, 5.41) is 9.75. The third kappa shape index (κ3) is 3.47. The fourth-order valence-electron chi connectivity index (χ4n) is 4.37. The Morgan fingerprint density at radius 3 is 2.34 bits per heavy atom. The second kappa shape index (κ2) is 7.63. The van der Waals surface area contributed by atoms with E-state index in [1.54, 1.807) is 19.2 Å². The fourth-order valence-corrected chi connectivity index (χ4v) is 4.37. The monoisotopic (exact) mass is 388 g/mol. The predicted octanol–water partition coefficient (Wildman–Crippen LogP) is 4.93. The van der Waals surface area contributed by atoms with Crippen LogP contribution in [-0.4, -0.2) is 18.6 Å². The van der Waals surface area contributed by atoms with Gasteiger partial charge in [-0.3, -0.25) is 9.79 Å². The standard InChI is InChI=1S/C24H21FN2O2/c1-14-20(13-26)23(16-3-7-18(25)8-4-16)24-21(27-14)11-17(12-22(24)28)15-5-9-19(29-2)10-6-15/h3-10,17,20,23H,11-12H2,1-2H3/t17-,20?,23+/m0/s1. The van der Waals surface area contributed by atoms with E-state index in [0.29, 0.717) is 24.1 Å². The molecule has 0 N–H and O–H groups in total. The molecule has 2 aliphatic rings. The zero-order chi connectivity index (χ0) is 20.5. The van der Waals surface area contributed by atoms with Gasteiger partial charge in [-0.1, -0.05) is 24.3 Å². The van der Waals surface area contributed by atoms with Crippen LogP contribution in [0.3, 0.4) is 0 Å². The van der Waals surface area contributed by atoms with E-state index >= 15 is 0 Å². The van der Waals surface area contributed by atoms with Crippen LogP contribution in [0.15, 0.2) is 64.8 Å². The molecule has 2 aromatic rings. The third-order valence-electron chi connectivity index (χ3n) is 5.84. The highest BCUT2D eigenvalue weighted by Gasteiger charge is 2.41. The predicted molar refractivity (Wildman–Crippen MR) is 108 cm³/mol. The lowest BCUT2D eigenvalue weighted by atomic mass is 9.69. The average molecular weight is 388 g/mol. The molecule has 3 atom stereocenters. The summed E-state index contributed by atoms with van der Waals surface area (Å²) in [6, 6.07) is 16.1. The Morgan fingerprint density at radius 1 is 1.07 bits per heavy atom. The van der Waals surface area contributed by atoms with Crippen molar-refractivity contribution in [3.8, 4) is 11.8 Å². The molecule has 0 amide bonds. The quantitative estimate of drug-likeness (QED) is 0.749. The Labute approximate surface area is 169 Å². The van der Waals surface area contributed by atoms with E-state index in [-0.39, 0.29) is 17.5 Å². The van der Waals surface area contributed by atoms with Crippen LogP contribution in [0, 0.1) is 23.1 Å². The van der Waals surface area contributed by atoms with Gasteiger partial charge in [0.15, 0.2) is 5.78 Å². The van der Waals surface area contributed by atoms with E-state index in [0.717, 1.165) is 22.6 Å². The van der Waals surface area contributed by atoms with Crippen molar-refractivity contribution in [3.63, 3.8) is 0 Å². The van der Waals surface area contributed by atoms with Gasteiger partial charge in [0, 0.05) is 29.3 Å². The second-order valence-electron chi connectivity index (χ2n) is 7.55. The van der Waals surface area contributed by atoms with E-state index in [1.807, 2.05) is 31.2 Å². The maximum atomic E-state index is 13.4. The van der Waals surface area contributed by atoms with Gasteiger partial charge in [-0.2, -0.15) is 5.26 Å². The Kier molecular flexibility index (Phi) is 5.02. The number of rotatable bonds is 3. The van der Waals surface area contributed by atoms with Crippen molar-refractivity contribution in [3.05, 3.63) is 76.7 Å². The van der Waals surface area contributed by atoms with Gasteiger partial charge in [0.25, 0.3) is 0 Å². The molecule has 5 heteroatoms. The first-order chi connectivity index (χ1) is 14.0. The molecule has 0 aromatic heterocycles. The SMILES string of the molecule is COc1ccc([C@@H]2CC(=O)C3=C(C2)N=C(C)C(C#N)[C@H]3c2ccc(F)cc2)cc1. The first-order valence-corrected chi connectivity index (χ1v) is 9.62. The molecule has 29 heavy (non-hydrogen) atoms. The maximum absolute atomic E-state index is 13.4. The van der Waals surface area contributed by atoms with Crippen molar-refractivity contribution in [1.82, 2.24) is 0 Å². The number of hydrogen-bond donors (Lipinski definition) is 0. The number of methoxy groups -OCH3 is 1. The lowest BCUT2D eigenvalue weighted by Gasteiger charge is -2.35. The molecule has 4 rings (SSSR count). The highest BCUT2D eigenvalue weighted by atomic mass is 19.1. The summed E-state index contributed by atoms with van der Waals surface area (Å²) in [6.45, 7) is 1.83. The molecule has 146 valence electrons. The van der Waals surface area contributed by atoms with Gasteiger partial charge in [-0.25, -0.2) is 4.39 Å². The Balaban J connectivity index is 1.74. The minimum atomic E-state index is -0.527. The molecule has 4 nitrogen and oxygen atoms in total. The van der Waals surface area contributed by atoms with Crippen LogP contribution in [0.1, 0.15) is 42.7 Å². The van der Waals surface area contributed by atoms with Crippen LogP contribution in [0.4, 0.5) is 4.39 Å². The van der Waals surface area contributed by atoms with Crippen molar-refractivity contribution < 1.29 is 13.9 Å². The smallest absolute Gasteiger partial charge is 0.161 e. The number of carbonyl (C=O) groups excluding carboxylic acids is 1. The van der Waals surface area contributed by atoms with E-state index in [4.69, 9.17) is 4.74 Å². The second-order valence-corrected chi connectivity index (χ2v) is 7.55. The summed E-state index contributed by atoms with van der Waals surface area (Å²) in [7, 11) is 1.62. The average Bonchev–Trinajstić information content (AvgIpc) is 2.73. The molecule has 2 aromatic carbocycles. The van der Waals surface area contributed by atoms with Crippen LogP contribution in [0.25, 0.3) is 0 Å². The lowest BCUT2D eigenvalue weighted by molar-refractivity contribution is -0.116. The molecule has 0 bridgehead atoms. The number of ketones is 1. The van der Waals surface area contributed by atoms with E-state index in [2.05, 4.69) is 11.1 Å². The van der Waals surface area contributed by atoms with Gasteiger partial charge >= 0.3 is 0 Å². The Morgan fingerprint density at radius 2 is 1.72 bits per heavy atom. The molecule has 0 spiro atoms. The summed E-state index contributed by atoms with van der Waals surface area (Å²) in [4.78, 5) is 17.9. The van der Waals surface area contributed by atoms with Crippen LogP contribution in [0.5, 0.6) is 5.75 Å². The third-order valence-corrected chi connectivity index (χ3v) is 5.84. The molecular weight excluding hydrogens is 367 g/mol. The number of allylic oxidation sites excluding steroid dienone is 2. The van der Waals surface area contributed by atoms with Crippen molar-refractivity contribution in [2.75, 3.05) is 7.11 Å². The molecule has 0 saturated carbocycles. The van der Waals surface area contributed by atoms with Gasteiger partial charge in [-0.15, -0.1) is 0 Å². The van der Waals surface area contributed by atoms with Gasteiger partial charge in [-0.05, 0) is 54.7 Å². The molecule has 1 aliphatic carbocycles. The molecular formula is C24H21FN2O2. The number of carbonyl (C=O) groups is 1. The highest BCUT2D eigenvalue weighted by molar-refractivity contribution is 6.03. The number of hydrogen-bond acceptors (Lipinski definition) is 4. The van der Waals surface area contributed by atoms with Gasteiger partial charge in [0.2, 0.25) is 0 Å². The number of benzene rings is 2. The van der Waals surface area contributed by atoms with E-state index in [9.17, 15) is 14.4 Å². The van der Waals surface area contributed by atoms with Crippen molar-refractivity contribution >= 4 is 11.5 Å². The number of halogens is 1. The van der Waals surface area contributed by atoms with Gasteiger partial charge in [0.1, 0.15) is 11.6 Å². The van der Waals surface area contributed by atoms with Crippen LogP contribution in [0.2, 0.25) is 0 Å². The van der Waals surface area contributed by atoms with Crippen molar-refractivity contribution in [2.24, 2.45) is 10.9 Å². The molecule has 0 saturated heterocycles. The number of ether oxygens (including phenoxy) is 1. The van der Waals surface area contributed by atoms with Crippen LogP contribution < -0.4 is 4.74 Å². The Hall–Kier alpha value is -3.26. The summed E-state index contributed by atoms with van der Waals surface area (Å²) >= 11 is 0. The number of nitrogens with zero attached hydrogens (tertiary/aromatic N) is 2. The number of nitriles is 1. The van der Waals surface area contributed by atoms with Gasteiger partial charge < -0.3 is 4.74 Å².